The van der Waals surface area contributed by atoms with Gasteiger partial charge in [-0.15, -0.1) is 6.58 Å². The lowest BCUT2D eigenvalue weighted by atomic mass is 9.96. The molecule has 1 atom stereocenters. The molecule has 0 aromatic heterocycles. The van der Waals surface area contributed by atoms with E-state index in [1.807, 2.05) is 18.2 Å². The second-order valence-electron chi connectivity index (χ2n) is 3.84. The molecule has 1 nitrogen and oxygen atoms in total. The first-order valence-electron chi connectivity index (χ1n) is 5.55. The lowest BCUT2D eigenvalue weighted by Crippen LogP contribution is -2.00. The SMILES string of the molecule is C=CC(C)c1cccc(OCCC)c1C. The van der Waals surface area contributed by atoms with Crippen molar-refractivity contribution in [2.75, 3.05) is 6.61 Å². The third kappa shape index (κ3) is 2.85. The van der Waals surface area contributed by atoms with Gasteiger partial charge in [-0.1, -0.05) is 32.1 Å². The zero-order valence-corrected chi connectivity index (χ0v) is 9.92. The molecule has 0 saturated carbocycles. The van der Waals surface area contributed by atoms with Crippen molar-refractivity contribution in [1.82, 2.24) is 0 Å². The average molecular weight is 204 g/mol. The van der Waals surface area contributed by atoms with Gasteiger partial charge < -0.3 is 4.74 Å². The molecular weight excluding hydrogens is 184 g/mol. The zero-order valence-electron chi connectivity index (χ0n) is 9.92. The summed E-state index contributed by atoms with van der Waals surface area (Å²) < 4.78 is 5.69. The van der Waals surface area contributed by atoms with Gasteiger partial charge in [0.25, 0.3) is 0 Å². The van der Waals surface area contributed by atoms with Crippen LogP contribution in [0.3, 0.4) is 0 Å². The topological polar surface area (TPSA) is 9.23 Å². The molecular formula is C14H20O. The summed E-state index contributed by atoms with van der Waals surface area (Å²) in [5, 5.41) is 0. The van der Waals surface area contributed by atoms with Crippen molar-refractivity contribution < 1.29 is 4.74 Å². The van der Waals surface area contributed by atoms with E-state index in [2.05, 4.69) is 33.4 Å². The lowest BCUT2D eigenvalue weighted by Gasteiger charge is -2.14. The van der Waals surface area contributed by atoms with Crippen LogP contribution in [0, 0.1) is 6.92 Å². The summed E-state index contributed by atoms with van der Waals surface area (Å²) in [4.78, 5) is 0. The molecule has 0 aliphatic carbocycles. The number of ether oxygens (including phenoxy) is 1. The van der Waals surface area contributed by atoms with E-state index >= 15 is 0 Å². The van der Waals surface area contributed by atoms with Gasteiger partial charge in [-0.3, -0.25) is 0 Å². The average Bonchev–Trinajstić information content (AvgIpc) is 2.27. The smallest absolute Gasteiger partial charge is 0.122 e. The molecule has 0 amide bonds. The Labute approximate surface area is 92.8 Å². The fourth-order valence-electron chi connectivity index (χ4n) is 1.62. The summed E-state index contributed by atoms with van der Waals surface area (Å²) in [6.45, 7) is 11.0. The molecule has 1 rings (SSSR count). The lowest BCUT2D eigenvalue weighted by molar-refractivity contribution is 0.315. The minimum atomic E-state index is 0.384. The van der Waals surface area contributed by atoms with Gasteiger partial charge >= 0.3 is 0 Å². The normalized spacial score (nSPS) is 12.2. The van der Waals surface area contributed by atoms with Crippen molar-refractivity contribution >= 4 is 0 Å². The maximum absolute atomic E-state index is 5.69. The largest absolute Gasteiger partial charge is 0.493 e. The first-order chi connectivity index (χ1) is 7.20. The van der Waals surface area contributed by atoms with Crippen LogP contribution in [0.25, 0.3) is 0 Å². The predicted molar refractivity (Wildman–Crippen MR) is 65.6 cm³/mol. The van der Waals surface area contributed by atoms with Crippen LogP contribution in [0.2, 0.25) is 0 Å². The first-order valence-corrected chi connectivity index (χ1v) is 5.55. The molecule has 1 aromatic rings. The molecule has 0 heterocycles. The van der Waals surface area contributed by atoms with E-state index in [9.17, 15) is 0 Å². The van der Waals surface area contributed by atoms with E-state index in [1.54, 1.807) is 0 Å². The number of hydrogen-bond donors (Lipinski definition) is 0. The van der Waals surface area contributed by atoms with E-state index in [0.29, 0.717) is 5.92 Å². The Morgan fingerprint density at radius 3 is 2.80 bits per heavy atom. The second kappa shape index (κ2) is 5.59. The molecule has 0 aliphatic rings. The summed E-state index contributed by atoms with van der Waals surface area (Å²) in [5.74, 6) is 1.39. The van der Waals surface area contributed by atoms with Crippen LogP contribution in [-0.4, -0.2) is 6.61 Å². The van der Waals surface area contributed by atoms with Crippen molar-refractivity contribution in [3.63, 3.8) is 0 Å². The Kier molecular flexibility index (Phi) is 4.41. The molecule has 0 N–H and O–H groups in total. The molecule has 0 bridgehead atoms. The number of rotatable bonds is 5. The summed E-state index contributed by atoms with van der Waals surface area (Å²) >= 11 is 0. The van der Waals surface area contributed by atoms with Crippen LogP contribution < -0.4 is 4.74 Å². The molecule has 15 heavy (non-hydrogen) atoms. The Hall–Kier alpha value is -1.24. The van der Waals surface area contributed by atoms with Gasteiger partial charge in [0.15, 0.2) is 0 Å². The highest BCUT2D eigenvalue weighted by Gasteiger charge is 2.08. The van der Waals surface area contributed by atoms with Crippen molar-refractivity contribution in [2.24, 2.45) is 0 Å². The summed E-state index contributed by atoms with van der Waals surface area (Å²) in [7, 11) is 0. The summed E-state index contributed by atoms with van der Waals surface area (Å²) in [6.07, 6.45) is 3.01. The minimum Gasteiger partial charge on any atom is -0.493 e. The van der Waals surface area contributed by atoms with Gasteiger partial charge in [0.05, 0.1) is 6.61 Å². The highest BCUT2D eigenvalue weighted by Crippen LogP contribution is 2.27. The van der Waals surface area contributed by atoms with Gasteiger partial charge in [-0.05, 0) is 36.5 Å². The molecule has 1 heteroatoms. The molecule has 0 radical (unpaired) electrons. The monoisotopic (exact) mass is 204 g/mol. The van der Waals surface area contributed by atoms with E-state index < -0.39 is 0 Å². The van der Waals surface area contributed by atoms with Crippen LogP contribution in [0.5, 0.6) is 5.75 Å². The highest BCUT2D eigenvalue weighted by molar-refractivity contribution is 5.42. The van der Waals surface area contributed by atoms with Gasteiger partial charge in [0.2, 0.25) is 0 Å². The van der Waals surface area contributed by atoms with Gasteiger partial charge in [0, 0.05) is 0 Å². The van der Waals surface area contributed by atoms with E-state index in [4.69, 9.17) is 4.74 Å². The van der Waals surface area contributed by atoms with Crippen LogP contribution in [0.1, 0.15) is 37.3 Å². The van der Waals surface area contributed by atoms with Crippen molar-refractivity contribution in [2.45, 2.75) is 33.1 Å². The summed E-state index contributed by atoms with van der Waals surface area (Å²) in [5.41, 5.74) is 2.54. The van der Waals surface area contributed by atoms with E-state index in [-0.39, 0.29) is 0 Å². The maximum Gasteiger partial charge on any atom is 0.122 e. The van der Waals surface area contributed by atoms with Gasteiger partial charge in [-0.25, -0.2) is 0 Å². The summed E-state index contributed by atoms with van der Waals surface area (Å²) in [6, 6.07) is 6.22. The predicted octanol–water partition coefficient (Wildman–Crippen LogP) is 4.07. The highest BCUT2D eigenvalue weighted by atomic mass is 16.5. The third-order valence-electron chi connectivity index (χ3n) is 2.63. The van der Waals surface area contributed by atoms with Gasteiger partial charge in [-0.2, -0.15) is 0 Å². The quantitative estimate of drug-likeness (QED) is 0.657. The molecule has 0 fully saturated rings. The number of allylic oxidation sites excluding steroid dienone is 1. The maximum atomic E-state index is 5.69. The van der Waals surface area contributed by atoms with Crippen LogP contribution in [0.15, 0.2) is 30.9 Å². The van der Waals surface area contributed by atoms with E-state index in [1.165, 1.54) is 11.1 Å². The van der Waals surface area contributed by atoms with Crippen LogP contribution >= 0.6 is 0 Å². The standard InChI is InChI=1S/C14H20O/c1-5-10-15-14-9-7-8-13(12(14)4)11(3)6-2/h6-9,11H,2,5,10H2,1,3-4H3. The van der Waals surface area contributed by atoms with Crippen LogP contribution in [-0.2, 0) is 0 Å². The first kappa shape index (κ1) is 11.8. The second-order valence-corrected chi connectivity index (χ2v) is 3.84. The van der Waals surface area contributed by atoms with Crippen molar-refractivity contribution in [1.29, 1.82) is 0 Å². The molecule has 1 unspecified atom stereocenters. The molecule has 0 spiro atoms. The Balaban J connectivity index is 2.94. The molecule has 1 aromatic carbocycles. The number of hydrogen-bond acceptors (Lipinski definition) is 1. The van der Waals surface area contributed by atoms with E-state index in [0.717, 1.165) is 18.8 Å². The molecule has 82 valence electrons. The van der Waals surface area contributed by atoms with Crippen molar-refractivity contribution in [3.8, 4) is 5.75 Å². The number of benzene rings is 1. The fourth-order valence-corrected chi connectivity index (χ4v) is 1.62. The molecule has 0 saturated heterocycles. The third-order valence-corrected chi connectivity index (χ3v) is 2.63. The minimum absolute atomic E-state index is 0.384. The zero-order chi connectivity index (χ0) is 11.3. The Morgan fingerprint density at radius 1 is 1.47 bits per heavy atom. The van der Waals surface area contributed by atoms with Gasteiger partial charge in [0.1, 0.15) is 5.75 Å². The Bertz CT molecular complexity index is 328. The van der Waals surface area contributed by atoms with Crippen molar-refractivity contribution in [3.05, 3.63) is 42.0 Å². The fraction of sp³-hybridized carbons (Fsp3) is 0.429. The van der Waals surface area contributed by atoms with Crippen LogP contribution in [0.4, 0.5) is 0 Å². The Morgan fingerprint density at radius 2 is 2.20 bits per heavy atom. The molecule has 0 aliphatic heterocycles.